The van der Waals surface area contributed by atoms with Crippen LogP contribution in [0.15, 0.2) is 52.0 Å². The normalized spacial score (nSPS) is 29.2. The number of rotatable bonds is 6. The summed E-state index contributed by atoms with van der Waals surface area (Å²) >= 11 is 0. The number of hydrogen-bond acceptors (Lipinski definition) is 18. The van der Waals surface area contributed by atoms with Crippen molar-refractivity contribution in [2.24, 2.45) is 35.1 Å². The van der Waals surface area contributed by atoms with E-state index in [9.17, 15) is 64.8 Å². The van der Waals surface area contributed by atoms with Crippen molar-refractivity contribution < 1.29 is 64.8 Å². The Bertz CT molecular complexity index is 2660. The molecule has 0 radical (unpaired) electrons. The number of aromatic hydroxyl groups is 2. The molecule has 0 aromatic heterocycles. The maximum absolute atomic E-state index is 13.7. The zero-order valence-electron chi connectivity index (χ0n) is 38.3. The van der Waals surface area contributed by atoms with Gasteiger partial charge in [0.2, 0.25) is 11.6 Å². The zero-order chi connectivity index (χ0) is 49.1. The van der Waals surface area contributed by atoms with Gasteiger partial charge in [-0.15, -0.1) is 0 Å². The monoisotopic (exact) mass is 914 g/mol. The van der Waals surface area contributed by atoms with E-state index in [1.54, 1.807) is 45.2 Å². The molecule has 2 fully saturated rings. The fourth-order valence-corrected chi connectivity index (χ4v) is 11.5. The molecule has 1 amide bonds. The molecule has 8 rings (SSSR count). The van der Waals surface area contributed by atoms with E-state index in [1.807, 2.05) is 38.0 Å². The number of carbonyl (C=O) groups excluding carboxylic acids is 5. The van der Waals surface area contributed by atoms with Gasteiger partial charge in [0.1, 0.15) is 40.1 Å². The highest BCUT2D eigenvalue weighted by Gasteiger charge is 2.65. The lowest BCUT2D eigenvalue weighted by Crippen LogP contribution is -2.65. The van der Waals surface area contributed by atoms with Crippen molar-refractivity contribution in [1.82, 2.24) is 9.80 Å². The molecule has 2 saturated carbocycles. The van der Waals surface area contributed by atoms with Crippen LogP contribution >= 0.6 is 0 Å². The number of anilines is 2. The number of nitrogens with two attached hydrogens (primary N) is 2. The van der Waals surface area contributed by atoms with Crippen LogP contribution < -0.4 is 21.3 Å². The molecule has 12 N–H and O–H groups in total. The highest BCUT2D eigenvalue weighted by Crippen LogP contribution is 2.56. The smallest absolute Gasteiger partial charge is 0.255 e. The zero-order valence-corrected chi connectivity index (χ0v) is 38.3. The molecule has 0 saturated heterocycles. The number of fused-ring (bicyclic) bond motifs is 6. The molecule has 66 heavy (non-hydrogen) atoms. The van der Waals surface area contributed by atoms with E-state index in [4.69, 9.17) is 11.5 Å². The van der Waals surface area contributed by atoms with Gasteiger partial charge in [-0.25, -0.2) is 0 Å². The molecule has 0 aliphatic heterocycles. The van der Waals surface area contributed by atoms with Gasteiger partial charge in [-0.05, 0) is 102 Å². The van der Waals surface area contributed by atoms with Gasteiger partial charge in [-0.2, -0.15) is 0 Å². The Morgan fingerprint density at radius 2 is 1.14 bits per heavy atom. The predicted molar refractivity (Wildman–Crippen MR) is 242 cm³/mol. The van der Waals surface area contributed by atoms with Crippen molar-refractivity contribution in [3.05, 3.63) is 79.8 Å². The number of phenols is 2. The third-order valence-corrected chi connectivity index (χ3v) is 14.5. The van der Waals surface area contributed by atoms with Crippen molar-refractivity contribution >= 4 is 51.9 Å². The Labute approximate surface area is 380 Å². The van der Waals surface area contributed by atoms with Crippen LogP contribution in [-0.4, -0.2) is 159 Å². The number of primary amides is 1. The second kappa shape index (κ2) is 16.3. The Hall–Kier alpha value is -6.25. The lowest BCUT2D eigenvalue weighted by atomic mass is 9.57. The number of benzene rings is 2. The number of aliphatic hydroxyl groups is 6. The molecule has 0 spiro atoms. The summed E-state index contributed by atoms with van der Waals surface area (Å²) in [5.41, 5.74) is 8.46. The summed E-state index contributed by atoms with van der Waals surface area (Å²) < 4.78 is 0. The maximum Gasteiger partial charge on any atom is 0.255 e. The van der Waals surface area contributed by atoms with E-state index in [2.05, 4.69) is 0 Å². The second-order valence-corrected chi connectivity index (χ2v) is 19.0. The standard InChI is InChI=1S/C24H31N3O6.C23H27N3O7/c1-10-19(28)18(27(4)5)14-7-11-6-13-15(26(2)3)8-12(9-25)20(29)17(13)21(30)16(11)23(32)24(14,33)22(10)31;1-25(2)12-5-6-13(27)15-10(12)7-9-8-11-17(26(3)4)19(29)16(22(24)32)21(31)23(11,33)20(30)14(9)18(15)28/h8,11,14,18,29-31,33H,6-7,9,25H2,1-5H3;5-6,9,11,17,27-28,31,33H,7-8H2,1-4H3,(H2,24,32)/t11?,14?,18?,24-;9?,11?,17?,23-/m10/s1. The quantitative estimate of drug-likeness (QED) is 0.181. The van der Waals surface area contributed by atoms with Crippen LogP contribution in [0.3, 0.4) is 0 Å². The number of aliphatic hydroxyl groups excluding tert-OH is 4. The molecule has 0 bridgehead atoms. The van der Waals surface area contributed by atoms with E-state index in [-0.39, 0.29) is 70.9 Å². The number of carbonyl (C=O) groups is 5. The van der Waals surface area contributed by atoms with Gasteiger partial charge in [0, 0.05) is 80.2 Å². The lowest BCUT2D eigenvalue weighted by Gasteiger charge is -2.50. The van der Waals surface area contributed by atoms with Crippen molar-refractivity contribution in [3.8, 4) is 11.5 Å². The van der Waals surface area contributed by atoms with Crippen LogP contribution in [0.5, 0.6) is 11.5 Å². The van der Waals surface area contributed by atoms with E-state index in [0.29, 0.717) is 23.1 Å². The number of hydrogen-bond donors (Lipinski definition) is 10. The third kappa shape index (κ3) is 6.53. The summed E-state index contributed by atoms with van der Waals surface area (Å²) in [4.78, 5) is 72.2. The minimum Gasteiger partial charge on any atom is -0.508 e. The Kier molecular flexibility index (Phi) is 11.8. The number of ketones is 4. The molecular formula is C47H58N6O13. The average molecular weight is 915 g/mol. The van der Waals surface area contributed by atoms with Gasteiger partial charge in [-0.1, -0.05) is 0 Å². The van der Waals surface area contributed by atoms with Crippen LogP contribution in [0.2, 0.25) is 0 Å². The highest BCUT2D eigenvalue weighted by atomic mass is 16.4. The Balaban J connectivity index is 0.000000196. The minimum absolute atomic E-state index is 0.0291. The fourth-order valence-electron chi connectivity index (χ4n) is 11.5. The summed E-state index contributed by atoms with van der Waals surface area (Å²) in [5.74, 6) is -10.4. The molecule has 8 atom stereocenters. The van der Waals surface area contributed by atoms with E-state index < -0.39 is 98.8 Å². The summed E-state index contributed by atoms with van der Waals surface area (Å²) in [7, 11) is 13.8. The van der Waals surface area contributed by atoms with Gasteiger partial charge in [0.05, 0.1) is 23.2 Å². The molecule has 2 aromatic carbocycles. The number of phenolic OH excluding ortho intramolecular Hbond substituents is 2. The first-order valence-corrected chi connectivity index (χ1v) is 21.4. The number of Topliss-reactive ketones (excluding diaryl/α,β-unsaturated/α-hetero) is 4. The molecule has 0 heterocycles. The predicted octanol–water partition coefficient (Wildman–Crippen LogP) is 1.05. The topological polar surface area (TPSA) is 312 Å². The average Bonchev–Trinajstić information content (AvgIpc) is 3.22. The van der Waals surface area contributed by atoms with Crippen molar-refractivity contribution in [3.63, 3.8) is 0 Å². The van der Waals surface area contributed by atoms with E-state index in [0.717, 1.165) is 11.4 Å². The van der Waals surface area contributed by atoms with Gasteiger partial charge in [0.25, 0.3) is 5.91 Å². The van der Waals surface area contributed by atoms with E-state index >= 15 is 0 Å². The minimum atomic E-state index is -2.63. The third-order valence-electron chi connectivity index (χ3n) is 14.5. The van der Waals surface area contributed by atoms with Gasteiger partial charge in [0.15, 0.2) is 22.8 Å². The molecule has 6 aliphatic rings. The lowest BCUT2D eigenvalue weighted by molar-refractivity contribution is -0.154. The molecule has 2 aromatic rings. The van der Waals surface area contributed by atoms with Crippen LogP contribution in [0, 0.1) is 23.7 Å². The highest BCUT2D eigenvalue weighted by molar-refractivity contribution is 6.24. The SMILES string of the molecule is CC1=C(O)[C@@]2(O)C(=O)C3=C(O)c4c(O)c(CN)cc(N(C)C)c4CC3CC2C(N(C)C)C1=O.CN(C)c1ccc(O)c2c1CC1CC3C(N(C)C)C(=O)C(C(N)=O)=C(O)[C@@]3(O)C(=O)C1=C2O. The summed E-state index contributed by atoms with van der Waals surface area (Å²) in [6.45, 7) is 1.41. The van der Waals surface area contributed by atoms with Crippen LogP contribution in [0.4, 0.5) is 11.4 Å². The molecule has 6 aliphatic carbocycles. The first-order valence-electron chi connectivity index (χ1n) is 21.4. The largest absolute Gasteiger partial charge is 0.508 e. The summed E-state index contributed by atoms with van der Waals surface area (Å²) in [6, 6.07) is 2.97. The van der Waals surface area contributed by atoms with Crippen molar-refractivity contribution in [2.75, 3.05) is 66.2 Å². The van der Waals surface area contributed by atoms with Crippen molar-refractivity contribution in [1.29, 1.82) is 0 Å². The fraction of sp³-hybridized carbons (Fsp3) is 0.468. The van der Waals surface area contributed by atoms with Crippen LogP contribution in [0.25, 0.3) is 11.5 Å². The molecule has 19 heteroatoms. The van der Waals surface area contributed by atoms with Crippen LogP contribution in [-0.2, 0) is 43.4 Å². The Morgan fingerprint density at radius 3 is 1.59 bits per heavy atom. The van der Waals surface area contributed by atoms with E-state index in [1.165, 1.54) is 17.9 Å². The molecular weight excluding hydrogens is 857 g/mol. The molecule has 354 valence electrons. The first kappa shape index (κ1) is 47.7. The summed E-state index contributed by atoms with van der Waals surface area (Å²) in [5, 5.41) is 88.4. The second-order valence-electron chi connectivity index (χ2n) is 19.0. The number of nitrogens with zero attached hydrogens (tertiary/aromatic N) is 4. The van der Waals surface area contributed by atoms with Gasteiger partial charge < -0.3 is 62.1 Å². The Morgan fingerprint density at radius 1 is 0.682 bits per heavy atom. The van der Waals surface area contributed by atoms with Crippen LogP contribution in [0.1, 0.15) is 47.6 Å². The first-order chi connectivity index (χ1) is 30.7. The summed E-state index contributed by atoms with van der Waals surface area (Å²) in [6.07, 6.45) is 0.834. The van der Waals surface area contributed by atoms with Crippen molar-refractivity contribution in [2.45, 2.75) is 62.4 Å². The van der Waals surface area contributed by atoms with Gasteiger partial charge in [-0.3, -0.25) is 33.8 Å². The van der Waals surface area contributed by atoms with Gasteiger partial charge >= 0.3 is 0 Å². The molecule has 6 unspecified atom stereocenters. The number of amides is 1. The maximum atomic E-state index is 13.7. The molecule has 19 nitrogen and oxygen atoms in total. The number of likely N-dealkylation sites (N-methyl/N-ethyl adjacent to an activating group) is 2.